The van der Waals surface area contributed by atoms with Gasteiger partial charge >= 0.3 is 0 Å². The average molecular weight is 351 g/mol. The molecule has 1 aliphatic heterocycles. The van der Waals surface area contributed by atoms with Crippen molar-refractivity contribution in [2.75, 3.05) is 13.1 Å². The Balaban J connectivity index is 1.61. The molecule has 3 aromatic rings. The highest BCUT2D eigenvalue weighted by atomic mass is 16.2. The van der Waals surface area contributed by atoms with Crippen LogP contribution in [0, 0.1) is 0 Å². The smallest absolute Gasteiger partial charge is 0.274 e. The van der Waals surface area contributed by atoms with Crippen molar-refractivity contribution < 1.29 is 4.79 Å². The zero-order valence-electron chi connectivity index (χ0n) is 14.9. The van der Waals surface area contributed by atoms with Crippen LogP contribution in [0.3, 0.4) is 0 Å². The number of likely N-dealkylation sites (tertiary alicyclic amines) is 1. The maximum absolute atomic E-state index is 12.8. The van der Waals surface area contributed by atoms with E-state index in [4.69, 9.17) is 0 Å². The molecule has 1 amide bonds. The maximum atomic E-state index is 12.8. The van der Waals surface area contributed by atoms with Gasteiger partial charge in [0.1, 0.15) is 11.4 Å². The highest BCUT2D eigenvalue weighted by molar-refractivity contribution is 5.92. The lowest BCUT2D eigenvalue weighted by Gasteiger charge is -2.32. The third-order valence-corrected chi connectivity index (χ3v) is 4.81. The molecule has 1 aliphatic rings. The minimum atomic E-state index is -0.0266. The monoisotopic (exact) mass is 351 g/mol. The number of aryl methyl sites for hydroxylation is 2. The first-order chi connectivity index (χ1) is 12.6. The quantitative estimate of drug-likeness (QED) is 0.716. The molecule has 8 heteroatoms. The summed E-state index contributed by atoms with van der Waals surface area (Å²) in [5.74, 6) is 0.122. The molecule has 0 bridgehead atoms. The first-order valence-corrected chi connectivity index (χ1v) is 8.70. The third-order valence-electron chi connectivity index (χ3n) is 4.81. The molecule has 8 nitrogen and oxygen atoms in total. The zero-order chi connectivity index (χ0) is 18.1. The lowest BCUT2D eigenvalue weighted by molar-refractivity contribution is 0.0699. The van der Waals surface area contributed by atoms with Crippen LogP contribution in [0.2, 0.25) is 0 Å². The Morgan fingerprint density at radius 3 is 2.81 bits per heavy atom. The Labute approximate surface area is 151 Å². The van der Waals surface area contributed by atoms with Crippen LogP contribution in [0.25, 0.3) is 11.4 Å². The number of nitrogens with zero attached hydrogens (tertiary/aromatic N) is 7. The minimum absolute atomic E-state index is 0.0266. The molecule has 1 fully saturated rings. The number of carbonyl (C=O) groups is 1. The predicted molar refractivity (Wildman–Crippen MR) is 95.3 cm³/mol. The van der Waals surface area contributed by atoms with Crippen molar-refractivity contribution in [2.45, 2.75) is 18.8 Å². The molecule has 26 heavy (non-hydrogen) atoms. The molecular weight excluding hydrogens is 330 g/mol. The van der Waals surface area contributed by atoms with Crippen molar-refractivity contribution in [1.29, 1.82) is 0 Å². The van der Waals surface area contributed by atoms with Crippen molar-refractivity contribution in [2.24, 2.45) is 14.1 Å². The Morgan fingerprint density at radius 1 is 1.23 bits per heavy atom. The second-order valence-corrected chi connectivity index (χ2v) is 6.64. The SMILES string of the molecule is Cn1ccc(C(=O)N2CCC[C@@H](c3nccnc3-c3cncn3C)C2)n1. The number of carbonyl (C=O) groups excluding carboxylic acids is 1. The highest BCUT2D eigenvalue weighted by Gasteiger charge is 2.29. The lowest BCUT2D eigenvalue weighted by Crippen LogP contribution is -2.39. The molecule has 3 aromatic heterocycles. The van der Waals surface area contributed by atoms with E-state index in [1.54, 1.807) is 41.9 Å². The number of imidazole rings is 1. The fraction of sp³-hybridized carbons (Fsp3) is 0.389. The van der Waals surface area contributed by atoms with Gasteiger partial charge in [0.05, 0.1) is 23.9 Å². The van der Waals surface area contributed by atoms with Crippen molar-refractivity contribution >= 4 is 5.91 Å². The summed E-state index contributed by atoms with van der Waals surface area (Å²) >= 11 is 0. The van der Waals surface area contributed by atoms with Crippen LogP contribution in [0.5, 0.6) is 0 Å². The Kier molecular flexibility index (Phi) is 4.24. The van der Waals surface area contributed by atoms with E-state index < -0.39 is 0 Å². The second-order valence-electron chi connectivity index (χ2n) is 6.64. The normalized spacial score (nSPS) is 17.5. The van der Waals surface area contributed by atoms with E-state index in [0.717, 1.165) is 36.5 Å². The molecule has 1 saturated heterocycles. The van der Waals surface area contributed by atoms with Gasteiger partial charge in [0.25, 0.3) is 5.91 Å². The van der Waals surface area contributed by atoms with Gasteiger partial charge in [0.15, 0.2) is 0 Å². The van der Waals surface area contributed by atoms with Crippen LogP contribution < -0.4 is 0 Å². The summed E-state index contributed by atoms with van der Waals surface area (Å²) < 4.78 is 3.59. The average Bonchev–Trinajstić information content (AvgIpc) is 3.29. The van der Waals surface area contributed by atoms with E-state index in [1.807, 2.05) is 23.6 Å². The van der Waals surface area contributed by atoms with Crippen molar-refractivity contribution in [1.82, 2.24) is 34.2 Å². The summed E-state index contributed by atoms with van der Waals surface area (Å²) in [6.07, 6.45) is 10.7. The maximum Gasteiger partial charge on any atom is 0.274 e. The van der Waals surface area contributed by atoms with E-state index in [1.165, 1.54) is 0 Å². The second kappa shape index (κ2) is 6.70. The van der Waals surface area contributed by atoms with Crippen molar-refractivity contribution in [3.8, 4) is 11.4 Å². The molecule has 0 N–H and O–H groups in total. The lowest BCUT2D eigenvalue weighted by atomic mass is 9.92. The molecule has 4 heterocycles. The van der Waals surface area contributed by atoms with E-state index in [0.29, 0.717) is 12.2 Å². The first kappa shape index (κ1) is 16.4. The number of piperidine rings is 1. The Morgan fingerprint density at radius 2 is 2.08 bits per heavy atom. The molecule has 0 saturated carbocycles. The largest absolute Gasteiger partial charge is 0.337 e. The molecule has 134 valence electrons. The molecular formula is C18H21N7O. The van der Waals surface area contributed by atoms with E-state index in [9.17, 15) is 4.79 Å². The van der Waals surface area contributed by atoms with E-state index in [-0.39, 0.29) is 11.8 Å². The summed E-state index contributed by atoms with van der Waals surface area (Å²) in [6, 6.07) is 1.76. The first-order valence-electron chi connectivity index (χ1n) is 8.70. The summed E-state index contributed by atoms with van der Waals surface area (Å²) in [4.78, 5) is 28.0. The predicted octanol–water partition coefficient (Wildman–Crippen LogP) is 1.63. The van der Waals surface area contributed by atoms with Crippen molar-refractivity contribution in [3.63, 3.8) is 0 Å². The molecule has 0 radical (unpaired) electrons. The summed E-state index contributed by atoms with van der Waals surface area (Å²) in [5, 5.41) is 4.24. The number of hydrogen-bond acceptors (Lipinski definition) is 5. The highest BCUT2D eigenvalue weighted by Crippen LogP contribution is 2.31. The van der Waals surface area contributed by atoms with Crippen LogP contribution in [0.15, 0.2) is 37.2 Å². The van der Waals surface area contributed by atoms with Crippen LogP contribution >= 0.6 is 0 Å². The molecule has 0 aliphatic carbocycles. The zero-order valence-corrected chi connectivity index (χ0v) is 14.9. The molecule has 0 aromatic carbocycles. The van der Waals surface area contributed by atoms with Gasteiger partial charge in [-0.25, -0.2) is 4.98 Å². The van der Waals surface area contributed by atoms with Gasteiger partial charge in [0, 0.05) is 51.7 Å². The molecule has 4 rings (SSSR count). The standard InChI is InChI=1S/C18H21N7O/c1-23-12-19-10-15(23)17-16(20-6-7-21-17)13-4-3-8-25(11-13)18(26)14-5-9-24(2)22-14/h5-7,9-10,12-13H,3-4,8,11H2,1-2H3/t13-/m1/s1. The summed E-state index contributed by atoms with van der Waals surface area (Å²) in [5.41, 5.74) is 3.18. The fourth-order valence-corrected chi connectivity index (χ4v) is 3.51. The van der Waals surface area contributed by atoms with E-state index >= 15 is 0 Å². The van der Waals surface area contributed by atoms with Crippen LogP contribution in [-0.2, 0) is 14.1 Å². The van der Waals surface area contributed by atoms with Crippen LogP contribution in [-0.4, -0.2) is 53.2 Å². The van der Waals surface area contributed by atoms with Gasteiger partial charge in [0.2, 0.25) is 0 Å². The van der Waals surface area contributed by atoms with Crippen LogP contribution in [0.1, 0.15) is 34.9 Å². The molecule has 1 atom stereocenters. The van der Waals surface area contributed by atoms with Gasteiger partial charge in [-0.1, -0.05) is 0 Å². The summed E-state index contributed by atoms with van der Waals surface area (Å²) in [6.45, 7) is 1.37. The molecule has 0 spiro atoms. The van der Waals surface area contributed by atoms with E-state index in [2.05, 4.69) is 20.1 Å². The Hall–Kier alpha value is -3.03. The van der Waals surface area contributed by atoms with Gasteiger partial charge in [-0.05, 0) is 18.9 Å². The number of aromatic nitrogens is 6. The topological polar surface area (TPSA) is 81.7 Å². The van der Waals surface area contributed by atoms with Gasteiger partial charge in [-0.2, -0.15) is 5.10 Å². The van der Waals surface area contributed by atoms with Crippen LogP contribution in [0.4, 0.5) is 0 Å². The number of amides is 1. The van der Waals surface area contributed by atoms with Gasteiger partial charge in [-0.3, -0.25) is 19.4 Å². The van der Waals surface area contributed by atoms with Crippen molar-refractivity contribution in [3.05, 3.63) is 48.6 Å². The summed E-state index contributed by atoms with van der Waals surface area (Å²) in [7, 11) is 3.76. The fourth-order valence-electron chi connectivity index (χ4n) is 3.51. The minimum Gasteiger partial charge on any atom is -0.337 e. The van der Waals surface area contributed by atoms with Gasteiger partial charge in [-0.15, -0.1) is 0 Å². The van der Waals surface area contributed by atoms with Gasteiger partial charge < -0.3 is 9.47 Å². The number of rotatable bonds is 3. The molecule has 0 unspecified atom stereocenters. The number of hydrogen-bond donors (Lipinski definition) is 0. The third kappa shape index (κ3) is 2.98. The Bertz CT molecular complexity index is 929.